The first kappa shape index (κ1) is 17.7. The summed E-state index contributed by atoms with van der Waals surface area (Å²) in [7, 11) is 0. The molecule has 4 rings (SSSR count). The van der Waals surface area contributed by atoms with Crippen LogP contribution in [0.3, 0.4) is 0 Å². The van der Waals surface area contributed by atoms with Crippen molar-refractivity contribution in [3.05, 3.63) is 71.3 Å². The number of hydrogen-bond acceptors (Lipinski definition) is 3. The summed E-state index contributed by atoms with van der Waals surface area (Å²) < 4.78 is 5.93. The third-order valence-corrected chi connectivity index (χ3v) is 5.37. The number of fused-ring (bicyclic) bond motifs is 1. The number of ether oxygens (including phenoxy) is 1. The van der Waals surface area contributed by atoms with Crippen molar-refractivity contribution < 1.29 is 14.3 Å². The lowest BCUT2D eigenvalue weighted by molar-refractivity contribution is -0.140. The van der Waals surface area contributed by atoms with Gasteiger partial charge in [0, 0.05) is 13.1 Å². The van der Waals surface area contributed by atoms with Crippen LogP contribution in [0.4, 0.5) is 0 Å². The number of carbonyl (C=O) groups excluding carboxylic acids is 2. The summed E-state index contributed by atoms with van der Waals surface area (Å²) in [4.78, 5) is 27.1. The molecule has 0 saturated carbocycles. The highest BCUT2D eigenvalue weighted by Crippen LogP contribution is 2.32. The summed E-state index contributed by atoms with van der Waals surface area (Å²) in [5, 5.41) is 2.84. The second kappa shape index (κ2) is 7.53. The van der Waals surface area contributed by atoms with Crippen molar-refractivity contribution in [2.45, 2.75) is 51.1 Å². The van der Waals surface area contributed by atoms with Crippen LogP contribution in [0.25, 0.3) is 0 Å². The predicted octanol–water partition coefficient (Wildman–Crippen LogP) is 2.95. The van der Waals surface area contributed by atoms with Gasteiger partial charge in [0.05, 0.1) is 6.10 Å². The number of nitrogens with one attached hydrogen (secondary N) is 1. The average Bonchev–Trinajstić information content (AvgIpc) is 3.35. The standard InChI is InChI=1S/C22H24N2O3/c1-15(22(26)24-13-17-9-5-6-10-18(17)14-24)23-21(25)20-12-11-19(27-20)16-7-3-2-4-8-16/h2-10,15,19-20H,11-14H2,1H3,(H,23,25)/t15-,19+,20-/m1/s1. The predicted molar refractivity (Wildman–Crippen MR) is 102 cm³/mol. The van der Waals surface area contributed by atoms with Gasteiger partial charge in [-0.15, -0.1) is 0 Å². The van der Waals surface area contributed by atoms with E-state index in [0.29, 0.717) is 19.5 Å². The van der Waals surface area contributed by atoms with Crippen molar-refractivity contribution in [2.24, 2.45) is 0 Å². The molecule has 2 aromatic carbocycles. The van der Waals surface area contributed by atoms with Crippen molar-refractivity contribution in [3.8, 4) is 0 Å². The molecule has 2 amide bonds. The molecule has 5 nitrogen and oxygen atoms in total. The van der Waals surface area contributed by atoms with Crippen LogP contribution in [-0.4, -0.2) is 28.9 Å². The van der Waals surface area contributed by atoms with Gasteiger partial charge in [0.2, 0.25) is 11.8 Å². The lowest BCUT2D eigenvalue weighted by Crippen LogP contribution is -2.48. The summed E-state index contributed by atoms with van der Waals surface area (Å²) in [6, 6.07) is 17.4. The summed E-state index contributed by atoms with van der Waals surface area (Å²) in [5.41, 5.74) is 3.44. The van der Waals surface area contributed by atoms with E-state index in [1.807, 2.05) is 54.6 Å². The second-order valence-electron chi connectivity index (χ2n) is 7.29. The molecule has 5 heteroatoms. The zero-order chi connectivity index (χ0) is 18.8. The second-order valence-corrected chi connectivity index (χ2v) is 7.29. The van der Waals surface area contributed by atoms with Gasteiger partial charge in [-0.05, 0) is 36.5 Å². The Morgan fingerprint density at radius 3 is 2.30 bits per heavy atom. The zero-order valence-corrected chi connectivity index (χ0v) is 15.4. The van der Waals surface area contributed by atoms with Crippen LogP contribution < -0.4 is 5.32 Å². The van der Waals surface area contributed by atoms with E-state index >= 15 is 0 Å². The molecule has 1 N–H and O–H groups in total. The molecular formula is C22H24N2O3. The van der Waals surface area contributed by atoms with E-state index in [0.717, 1.165) is 12.0 Å². The molecule has 2 aromatic rings. The maximum atomic E-state index is 12.7. The van der Waals surface area contributed by atoms with Crippen LogP contribution in [0, 0.1) is 0 Å². The molecule has 0 spiro atoms. The maximum Gasteiger partial charge on any atom is 0.249 e. The molecule has 140 valence electrons. The Balaban J connectivity index is 1.31. The van der Waals surface area contributed by atoms with Crippen molar-refractivity contribution in [3.63, 3.8) is 0 Å². The number of rotatable bonds is 4. The number of amides is 2. The monoisotopic (exact) mass is 364 g/mol. The van der Waals surface area contributed by atoms with Crippen LogP contribution >= 0.6 is 0 Å². The Hall–Kier alpha value is -2.66. The Labute approximate surface area is 159 Å². The molecule has 1 fully saturated rings. The van der Waals surface area contributed by atoms with Gasteiger partial charge >= 0.3 is 0 Å². The molecule has 2 aliphatic heterocycles. The summed E-state index contributed by atoms with van der Waals surface area (Å²) in [6.07, 6.45) is 0.926. The van der Waals surface area contributed by atoms with E-state index in [9.17, 15) is 9.59 Å². The van der Waals surface area contributed by atoms with Crippen molar-refractivity contribution in [1.82, 2.24) is 10.2 Å². The molecule has 27 heavy (non-hydrogen) atoms. The summed E-state index contributed by atoms with van der Waals surface area (Å²) in [6.45, 7) is 2.95. The molecule has 0 aromatic heterocycles. The fourth-order valence-corrected chi connectivity index (χ4v) is 3.87. The number of nitrogens with zero attached hydrogens (tertiary/aromatic N) is 1. The van der Waals surface area contributed by atoms with E-state index < -0.39 is 12.1 Å². The highest BCUT2D eigenvalue weighted by molar-refractivity contribution is 5.89. The van der Waals surface area contributed by atoms with Crippen molar-refractivity contribution >= 4 is 11.8 Å². The first-order valence-corrected chi connectivity index (χ1v) is 9.48. The van der Waals surface area contributed by atoms with Gasteiger partial charge in [-0.3, -0.25) is 9.59 Å². The van der Waals surface area contributed by atoms with Gasteiger partial charge in [0.25, 0.3) is 0 Å². The number of hydrogen-bond donors (Lipinski definition) is 1. The molecule has 0 radical (unpaired) electrons. The molecule has 0 bridgehead atoms. The number of carbonyl (C=O) groups is 2. The normalized spacial score (nSPS) is 22.3. The van der Waals surface area contributed by atoms with Gasteiger partial charge in [-0.1, -0.05) is 54.6 Å². The third kappa shape index (κ3) is 3.74. The molecule has 2 heterocycles. The van der Waals surface area contributed by atoms with Crippen LogP contribution in [0.5, 0.6) is 0 Å². The Morgan fingerprint density at radius 2 is 1.63 bits per heavy atom. The Morgan fingerprint density at radius 1 is 1.00 bits per heavy atom. The molecule has 3 atom stereocenters. The smallest absolute Gasteiger partial charge is 0.249 e. The highest BCUT2D eigenvalue weighted by Gasteiger charge is 2.34. The zero-order valence-electron chi connectivity index (χ0n) is 15.4. The largest absolute Gasteiger partial charge is 0.360 e. The van der Waals surface area contributed by atoms with Crippen molar-refractivity contribution in [2.75, 3.05) is 0 Å². The quantitative estimate of drug-likeness (QED) is 0.907. The van der Waals surface area contributed by atoms with Gasteiger partial charge < -0.3 is 15.0 Å². The van der Waals surface area contributed by atoms with Gasteiger partial charge in [-0.25, -0.2) is 0 Å². The molecule has 0 unspecified atom stereocenters. The summed E-state index contributed by atoms with van der Waals surface area (Å²) in [5.74, 6) is -0.261. The minimum absolute atomic E-state index is 0.0546. The first-order valence-electron chi connectivity index (χ1n) is 9.48. The first-order chi connectivity index (χ1) is 13.1. The Kier molecular flexibility index (Phi) is 4.94. The minimum atomic E-state index is -0.564. The Bertz CT molecular complexity index is 811. The molecular weight excluding hydrogens is 340 g/mol. The lowest BCUT2D eigenvalue weighted by Gasteiger charge is -2.22. The number of benzene rings is 2. The maximum absolute atomic E-state index is 12.7. The average molecular weight is 364 g/mol. The van der Waals surface area contributed by atoms with E-state index in [4.69, 9.17) is 4.74 Å². The molecule has 1 saturated heterocycles. The van der Waals surface area contributed by atoms with E-state index in [2.05, 4.69) is 5.32 Å². The van der Waals surface area contributed by atoms with E-state index in [1.165, 1.54) is 11.1 Å². The van der Waals surface area contributed by atoms with Crippen LogP contribution in [0.15, 0.2) is 54.6 Å². The molecule has 2 aliphatic rings. The van der Waals surface area contributed by atoms with Crippen LogP contribution in [0.2, 0.25) is 0 Å². The van der Waals surface area contributed by atoms with Crippen molar-refractivity contribution in [1.29, 1.82) is 0 Å². The van der Waals surface area contributed by atoms with E-state index in [-0.39, 0.29) is 17.9 Å². The fourth-order valence-electron chi connectivity index (χ4n) is 3.87. The fraction of sp³-hybridized carbons (Fsp3) is 0.364. The van der Waals surface area contributed by atoms with Gasteiger partial charge in [0.15, 0.2) is 0 Å². The van der Waals surface area contributed by atoms with Gasteiger partial charge in [-0.2, -0.15) is 0 Å². The van der Waals surface area contributed by atoms with Crippen LogP contribution in [0.1, 0.15) is 42.6 Å². The topological polar surface area (TPSA) is 58.6 Å². The SMILES string of the molecule is C[C@@H](NC(=O)[C@H]1CC[C@@H](c2ccccc2)O1)C(=O)N1Cc2ccccc2C1. The highest BCUT2D eigenvalue weighted by atomic mass is 16.5. The summed E-state index contributed by atoms with van der Waals surface area (Å²) >= 11 is 0. The van der Waals surface area contributed by atoms with E-state index in [1.54, 1.807) is 11.8 Å². The van der Waals surface area contributed by atoms with Crippen LogP contribution in [-0.2, 0) is 27.4 Å². The molecule has 0 aliphatic carbocycles. The minimum Gasteiger partial charge on any atom is -0.360 e. The lowest BCUT2D eigenvalue weighted by atomic mass is 10.1. The third-order valence-electron chi connectivity index (χ3n) is 5.37. The van der Waals surface area contributed by atoms with Gasteiger partial charge in [0.1, 0.15) is 12.1 Å².